The molecule has 0 amide bonds. The van der Waals surface area contributed by atoms with Crippen molar-refractivity contribution in [3.8, 4) is 0 Å². The fourth-order valence-electron chi connectivity index (χ4n) is 4.07. The Kier molecular flexibility index (Phi) is 5.48. The van der Waals surface area contributed by atoms with Crippen LogP contribution in [0.3, 0.4) is 0 Å². The summed E-state index contributed by atoms with van der Waals surface area (Å²) in [6.07, 6.45) is 6.68. The highest BCUT2D eigenvalue weighted by molar-refractivity contribution is 5.26. The molecular formula is C20H33N. The molecule has 2 rings (SSSR count). The minimum atomic E-state index is 0.447. The number of benzene rings is 1. The Morgan fingerprint density at radius 3 is 2.33 bits per heavy atom. The lowest BCUT2D eigenvalue weighted by Crippen LogP contribution is -2.37. The molecule has 1 heteroatoms. The van der Waals surface area contributed by atoms with Crippen LogP contribution in [0.15, 0.2) is 24.3 Å². The zero-order chi connectivity index (χ0) is 15.5. The standard InChI is InChI=1S/C20H33N/c1-15(2)14-16-9-11-17(12-10-16)19(21-5)18-8-6-7-13-20(18,3)4/h9-12,15,18-19,21H,6-8,13-14H2,1-5H3. The Morgan fingerprint density at radius 1 is 1.14 bits per heavy atom. The van der Waals surface area contributed by atoms with Crippen LogP contribution in [0, 0.1) is 17.3 Å². The maximum absolute atomic E-state index is 3.60. The van der Waals surface area contributed by atoms with E-state index in [1.165, 1.54) is 43.2 Å². The van der Waals surface area contributed by atoms with Gasteiger partial charge < -0.3 is 5.32 Å². The molecular weight excluding hydrogens is 254 g/mol. The van der Waals surface area contributed by atoms with Gasteiger partial charge in [0.25, 0.3) is 0 Å². The SMILES string of the molecule is CNC(c1ccc(CC(C)C)cc1)C1CCCCC1(C)C. The van der Waals surface area contributed by atoms with Crippen molar-refractivity contribution in [2.75, 3.05) is 7.05 Å². The van der Waals surface area contributed by atoms with Gasteiger partial charge in [0, 0.05) is 6.04 Å². The van der Waals surface area contributed by atoms with Crippen molar-refractivity contribution in [1.29, 1.82) is 0 Å². The van der Waals surface area contributed by atoms with Crippen molar-refractivity contribution in [1.82, 2.24) is 5.32 Å². The average Bonchev–Trinajstić information content (AvgIpc) is 2.42. The summed E-state index contributed by atoms with van der Waals surface area (Å²) in [5.41, 5.74) is 3.37. The molecule has 0 aliphatic heterocycles. The first-order valence-corrected chi connectivity index (χ1v) is 8.70. The molecule has 2 atom stereocenters. The van der Waals surface area contributed by atoms with Crippen LogP contribution >= 0.6 is 0 Å². The molecule has 1 saturated carbocycles. The number of rotatable bonds is 5. The molecule has 118 valence electrons. The van der Waals surface area contributed by atoms with Crippen LogP contribution in [0.25, 0.3) is 0 Å². The molecule has 1 aliphatic rings. The van der Waals surface area contributed by atoms with Crippen LogP contribution in [-0.2, 0) is 6.42 Å². The second-order valence-electron chi connectivity index (χ2n) is 7.95. The van der Waals surface area contributed by atoms with Gasteiger partial charge in [0.2, 0.25) is 0 Å². The third-order valence-electron chi connectivity index (χ3n) is 5.29. The van der Waals surface area contributed by atoms with E-state index in [2.05, 4.69) is 64.3 Å². The van der Waals surface area contributed by atoms with Gasteiger partial charge in [-0.15, -0.1) is 0 Å². The lowest BCUT2D eigenvalue weighted by atomic mass is 9.65. The quantitative estimate of drug-likeness (QED) is 0.768. The maximum Gasteiger partial charge on any atom is 0.0351 e. The molecule has 0 radical (unpaired) electrons. The molecule has 1 aromatic rings. The van der Waals surface area contributed by atoms with Crippen molar-refractivity contribution in [2.24, 2.45) is 17.3 Å². The lowest BCUT2D eigenvalue weighted by Gasteiger charge is -2.43. The topological polar surface area (TPSA) is 12.0 Å². The summed E-state index contributed by atoms with van der Waals surface area (Å²) in [6.45, 7) is 9.48. The first-order valence-electron chi connectivity index (χ1n) is 8.70. The highest BCUT2D eigenvalue weighted by Crippen LogP contribution is 2.46. The summed E-state index contributed by atoms with van der Waals surface area (Å²) in [5.74, 6) is 1.47. The largest absolute Gasteiger partial charge is 0.313 e. The van der Waals surface area contributed by atoms with Gasteiger partial charge in [0.1, 0.15) is 0 Å². The van der Waals surface area contributed by atoms with Crippen LogP contribution in [0.5, 0.6) is 0 Å². The van der Waals surface area contributed by atoms with Gasteiger partial charge >= 0.3 is 0 Å². The molecule has 1 aliphatic carbocycles. The molecule has 0 aromatic heterocycles. The summed E-state index contributed by atoms with van der Waals surface area (Å²) in [7, 11) is 2.12. The predicted octanol–water partition coefficient (Wildman–Crippen LogP) is 5.36. The fourth-order valence-corrected chi connectivity index (χ4v) is 4.07. The van der Waals surface area contributed by atoms with E-state index < -0.39 is 0 Å². The molecule has 1 fully saturated rings. The third-order valence-corrected chi connectivity index (χ3v) is 5.29. The van der Waals surface area contributed by atoms with E-state index in [9.17, 15) is 0 Å². The first kappa shape index (κ1) is 16.5. The normalized spacial score (nSPS) is 23.2. The van der Waals surface area contributed by atoms with Crippen molar-refractivity contribution < 1.29 is 0 Å². The van der Waals surface area contributed by atoms with Crippen LogP contribution in [-0.4, -0.2) is 7.05 Å². The summed E-state index contributed by atoms with van der Waals surface area (Å²) >= 11 is 0. The second-order valence-corrected chi connectivity index (χ2v) is 7.95. The molecule has 1 N–H and O–H groups in total. The van der Waals surface area contributed by atoms with E-state index in [1.54, 1.807) is 0 Å². The average molecular weight is 287 g/mol. The number of nitrogens with one attached hydrogen (secondary N) is 1. The van der Waals surface area contributed by atoms with Crippen molar-refractivity contribution in [3.63, 3.8) is 0 Å². The predicted molar refractivity (Wildman–Crippen MR) is 92.5 cm³/mol. The van der Waals surface area contributed by atoms with Crippen LogP contribution in [0.4, 0.5) is 0 Å². The Balaban J connectivity index is 2.16. The second kappa shape index (κ2) is 6.96. The van der Waals surface area contributed by atoms with Gasteiger partial charge in [-0.05, 0) is 54.7 Å². The Hall–Kier alpha value is -0.820. The lowest BCUT2D eigenvalue weighted by molar-refractivity contribution is 0.101. The molecule has 21 heavy (non-hydrogen) atoms. The van der Waals surface area contributed by atoms with Gasteiger partial charge in [-0.2, -0.15) is 0 Å². The summed E-state index contributed by atoms with van der Waals surface area (Å²) in [6, 6.07) is 9.85. The smallest absolute Gasteiger partial charge is 0.0351 e. The van der Waals surface area contributed by atoms with E-state index in [1.807, 2.05) is 0 Å². The summed E-state index contributed by atoms with van der Waals surface area (Å²) in [5, 5.41) is 3.60. The maximum atomic E-state index is 3.60. The monoisotopic (exact) mass is 287 g/mol. The molecule has 2 unspecified atom stereocenters. The van der Waals surface area contributed by atoms with Crippen LogP contribution < -0.4 is 5.32 Å². The summed E-state index contributed by atoms with van der Waals surface area (Å²) < 4.78 is 0. The highest BCUT2D eigenvalue weighted by atomic mass is 14.9. The zero-order valence-electron chi connectivity index (χ0n) is 14.6. The molecule has 0 bridgehead atoms. The molecule has 0 spiro atoms. The zero-order valence-corrected chi connectivity index (χ0v) is 14.6. The van der Waals surface area contributed by atoms with Crippen molar-refractivity contribution >= 4 is 0 Å². The molecule has 1 nitrogen and oxygen atoms in total. The van der Waals surface area contributed by atoms with Crippen LogP contribution in [0.2, 0.25) is 0 Å². The minimum Gasteiger partial charge on any atom is -0.313 e. The van der Waals surface area contributed by atoms with E-state index >= 15 is 0 Å². The van der Waals surface area contributed by atoms with Crippen molar-refractivity contribution in [2.45, 2.75) is 65.8 Å². The van der Waals surface area contributed by atoms with Gasteiger partial charge in [-0.1, -0.05) is 64.8 Å². The van der Waals surface area contributed by atoms with E-state index in [0.717, 1.165) is 11.8 Å². The van der Waals surface area contributed by atoms with E-state index in [0.29, 0.717) is 11.5 Å². The number of hydrogen-bond acceptors (Lipinski definition) is 1. The van der Waals surface area contributed by atoms with Gasteiger partial charge in [0.15, 0.2) is 0 Å². The van der Waals surface area contributed by atoms with Gasteiger partial charge in [0.05, 0.1) is 0 Å². The Labute approximate surface area is 131 Å². The first-order chi connectivity index (χ1) is 9.94. The van der Waals surface area contributed by atoms with Gasteiger partial charge in [-0.25, -0.2) is 0 Å². The molecule has 0 heterocycles. The number of hydrogen-bond donors (Lipinski definition) is 1. The van der Waals surface area contributed by atoms with E-state index in [4.69, 9.17) is 0 Å². The fraction of sp³-hybridized carbons (Fsp3) is 0.700. The Morgan fingerprint density at radius 2 is 1.81 bits per heavy atom. The van der Waals surface area contributed by atoms with Crippen LogP contribution in [0.1, 0.15) is 70.5 Å². The van der Waals surface area contributed by atoms with Crippen molar-refractivity contribution in [3.05, 3.63) is 35.4 Å². The van der Waals surface area contributed by atoms with E-state index in [-0.39, 0.29) is 0 Å². The highest BCUT2D eigenvalue weighted by Gasteiger charge is 2.37. The summed E-state index contributed by atoms with van der Waals surface area (Å²) in [4.78, 5) is 0. The van der Waals surface area contributed by atoms with Gasteiger partial charge in [-0.3, -0.25) is 0 Å². The third kappa shape index (κ3) is 4.10. The molecule has 0 saturated heterocycles. The molecule has 1 aromatic carbocycles. The minimum absolute atomic E-state index is 0.447. The Bertz CT molecular complexity index is 430.